The van der Waals surface area contributed by atoms with E-state index in [2.05, 4.69) is 10.6 Å². The van der Waals surface area contributed by atoms with E-state index in [0.717, 1.165) is 30.1 Å². The summed E-state index contributed by atoms with van der Waals surface area (Å²) in [5, 5.41) is 6.49. The van der Waals surface area contributed by atoms with Crippen LogP contribution in [0.15, 0.2) is 18.2 Å². The van der Waals surface area contributed by atoms with Gasteiger partial charge in [-0.15, -0.1) is 0 Å². The monoisotopic (exact) mass is 294 g/mol. The quantitative estimate of drug-likeness (QED) is 0.827. The van der Waals surface area contributed by atoms with Crippen molar-refractivity contribution in [1.82, 2.24) is 5.32 Å². The van der Waals surface area contributed by atoms with Gasteiger partial charge in [0.25, 0.3) is 0 Å². The number of amides is 2. The van der Waals surface area contributed by atoms with Gasteiger partial charge in [-0.2, -0.15) is 0 Å². The van der Waals surface area contributed by atoms with Crippen LogP contribution in [-0.4, -0.2) is 12.6 Å². The molecule has 110 valence electrons. The Morgan fingerprint density at radius 2 is 2.05 bits per heavy atom. The van der Waals surface area contributed by atoms with E-state index in [1.54, 1.807) is 6.07 Å². The molecule has 1 aliphatic rings. The summed E-state index contributed by atoms with van der Waals surface area (Å²) in [6.07, 6.45) is 7.80. The molecule has 0 bridgehead atoms. The maximum absolute atomic E-state index is 11.8. The second-order valence-electron chi connectivity index (χ2n) is 5.63. The van der Waals surface area contributed by atoms with Crippen LogP contribution in [0.3, 0.4) is 0 Å². The summed E-state index contributed by atoms with van der Waals surface area (Å²) in [7, 11) is 0. The Balaban J connectivity index is 1.72. The van der Waals surface area contributed by atoms with Crippen molar-refractivity contribution >= 4 is 23.3 Å². The van der Waals surface area contributed by atoms with Crippen LogP contribution in [0.2, 0.25) is 5.02 Å². The molecule has 2 amide bonds. The summed E-state index contributed by atoms with van der Waals surface area (Å²) >= 11 is 5.89. The number of urea groups is 1. The van der Waals surface area contributed by atoms with Gasteiger partial charge in [-0.25, -0.2) is 4.79 Å². The van der Waals surface area contributed by atoms with E-state index in [-0.39, 0.29) is 6.03 Å². The highest BCUT2D eigenvalue weighted by Gasteiger charge is 2.13. The van der Waals surface area contributed by atoms with Crippen LogP contribution in [0.25, 0.3) is 0 Å². The molecule has 0 aliphatic heterocycles. The Kier molecular flexibility index (Phi) is 5.72. The maximum Gasteiger partial charge on any atom is 0.319 e. The fourth-order valence-corrected chi connectivity index (χ4v) is 3.03. The lowest BCUT2D eigenvalue weighted by Crippen LogP contribution is -2.31. The molecule has 0 atom stereocenters. The largest absolute Gasteiger partial charge is 0.338 e. The Bertz CT molecular complexity index is 456. The van der Waals surface area contributed by atoms with E-state index in [4.69, 9.17) is 11.6 Å². The topological polar surface area (TPSA) is 41.1 Å². The van der Waals surface area contributed by atoms with E-state index in [1.807, 2.05) is 19.1 Å². The van der Waals surface area contributed by atoms with Crippen molar-refractivity contribution in [2.24, 2.45) is 5.92 Å². The van der Waals surface area contributed by atoms with E-state index in [9.17, 15) is 4.79 Å². The van der Waals surface area contributed by atoms with Crippen molar-refractivity contribution < 1.29 is 4.79 Å². The van der Waals surface area contributed by atoms with Crippen molar-refractivity contribution in [3.8, 4) is 0 Å². The van der Waals surface area contributed by atoms with E-state index >= 15 is 0 Å². The first-order chi connectivity index (χ1) is 9.65. The second kappa shape index (κ2) is 7.53. The van der Waals surface area contributed by atoms with Crippen LogP contribution in [0, 0.1) is 12.8 Å². The fraction of sp³-hybridized carbons (Fsp3) is 0.562. The van der Waals surface area contributed by atoms with Gasteiger partial charge < -0.3 is 10.6 Å². The van der Waals surface area contributed by atoms with Crippen LogP contribution in [0.4, 0.5) is 10.5 Å². The summed E-state index contributed by atoms with van der Waals surface area (Å²) < 4.78 is 0. The molecule has 1 aliphatic carbocycles. The van der Waals surface area contributed by atoms with Crippen molar-refractivity contribution in [2.75, 3.05) is 11.9 Å². The number of halogens is 1. The lowest BCUT2D eigenvalue weighted by atomic mass is 9.87. The lowest BCUT2D eigenvalue weighted by molar-refractivity contribution is 0.250. The lowest BCUT2D eigenvalue weighted by Gasteiger charge is -2.21. The predicted octanol–water partition coefficient (Wildman–Crippen LogP) is 4.74. The molecule has 1 aromatic carbocycles. The number of carbonyl (C=O) groups excluding carboxylic acids is 1. The molecule has 0 aromatic heterocycles. The van der Waals surface area contributed by atoms with Crippen LogP contribution < -0.4 is 10.6 Å². The average Bonchev–Trinajstić information content (AvgIpc) is 2.43. The predicted molar refractivity (Wildman–Crippen MR) is 84.4 cm³/mol. The molecule has 1 aromatic rings. The number of carbonyl (C=O) groups is 1. The minimum absolute atomic E-state index is 0.133. The van der Waals surface area contributed by atoms with Gasteiger partial charge in [0, 0.05) is 17.3 Å². The molecular weight excluding hydrogens is 272 g/mol. The van der Waals surface area contributed by atoms with Crippen LogP contribution in [0.5, 0.6) is 0 Å². The third-order valence-electron chi connectivity index (χ3n) is 4.00. The molecule has 1 fully saturated rings. The highest BCUT2D eigenvalue weighted by atomic mass is 35.5. The molecule has 2 N–H and O–H groups in total. The number of nitrogens with one attached hydrogen (secondary N) is 2. The highest BCUT2D eigenvalue weighted by Crippen LogP contribution is 2.25. The van der Waals surface area contributed by atoms with Crippen LogP contribution >= 0.6 is 11.6 Å². The van der Waals surface area contributed by atoms with Gasteiger partial charge in [0.1, 0.15) is 0 Å². The SMILES string of the molecule is Cc1cc(Cl)ccc1NC(=O)NCCC1CCCCC1. The van der Waals surface area contributed by atoms with E-state index < -0.39 is 0 Å². The molecule has 0 spiro atoms. The zero-order valence-corrected chi connectivity index (χ0v) is 12.8. The van der Waals surface area contributed by atoms with Crippen molar-refractivity contribution in [3.05, 3.63) is 28.8 Å². The second-order valence-corrected chi connectivity index (χ2v) is 6.07. The minimum Gasteiger partial charge on any atom is -0.338 e. The highest BCUT2D eigenvalue weighted by molar-refractivity contribution is 6.30. The molecule has 4 heteroatoms. The molecule has 3 nitrogen and oxygen atoms in total. The molecule has 0 saturated heterocycles. The van der Waals surface area contributed by atoms with Gasteiger partial charge in [-0.1, -0.05) is 43.7 Å². The number of aryl methyl sites for hydroxylation is 1. The first-order valence-electron chi connectivity index (χ1n) is 7.46. The molecule has 20 heavy (non-hydrogen) atoms. The first kappa shape index (κ1) is 15.2. The van der Waals surface area contributed by atoms with E-state index in [1.165, 1.54) is 32.1 Å². The number of hydrogen-bond acceptors (Lipinski definition) is 1. The summed E-state index contributed by atoms with van der Waals surface area (Å²) in [5.74, 6) is 0.793. The zero-order valence-electron chi connectivity index (χ0n) is 12.0. The third-order valence-corrected chi connectivity index (χ3v) is 4.23. The van der Waals surface area contributed by atoms with Gasteiger partial charge >= 0.3 is 6.03 Å². The van der Waals surface area contributed by atoms with E-state index in [0.29, 0.717) is 5.02 Å². The molecule has 0 radical (unpaired) electrons. The number of anilines is 1. The molecular formula is C16H23ClN2O. The third kappa shape index (κ3) is 4.71. The standard InChI is InChI=1S/C16H23ClN2O/c1-12-11-14(17)7-8-15(12)19-16(20)18-10-9-13-5-3-2-4-6-13/h7-8,11,13H,2-6,9-10H2,1H3,(H2,18,19,20). The van der Waals surface area contributed by atoms with Gasteiger partial charge in [0.2, 0.25) is 0 Å². The smallest absolute Gasteiger partial charge is 0.319 e. The Hall–Kier alpha value is -1.22. The molecule has 0 unspecified atom stereocenters. The first-order valence-corrected chi connectivity index (χ1v) is 7.84. The van der Waals surface area contributed by atoms with Gasteiger partial charge in [-0.05, 0) is 43.0 Å². The Labute approximate surface area is 126 Å². The van der Waals surface area contributed by atoms with Crippen molar-refractivity contribution in [3.63, 3.8) is 0 Å². The number of rotatable bonds is 4. The normalized spacial score (nSPS) is 15.9. The summed E-state index contributed by atoms with van der Waals surface area (Å²) in [4.78, 5) is 11.8. The minimum atomic E-state index is -0.133. The van der Waals surface area contributed by atoms with Crippen molar-refractivity contribution in [2.45, 2.75) is 45.4 Å². The van der Waals surface area contributed by atoms with Gasteiger partial charge in [-0.3, -0.25) is 0 Å². The summed E-state index contributed by atoms with van der Waals surface area (Å²) in [6.45, 7) is 2.69. The van der Waals surface area contributed by atoms with Crippen molar-refractivity contribution in [1.29, 1.82) is 0 Å². The van der Waals surface area contributed by atoms with Crippen LogP contribution in [-0.2, 0) is 0 Å². The molecule has 1 saturated carbocycles. The van der Waals surface area contributed by atoms with Crippen LogP contribution in [0.1, 0.15) is 44.1 Å². The fourth-order valence-electron chi connectivity index (χ4n) is 2.80. The number of benzene rings is 1. The molecule has 2 rings (SSSR count). The number of hydrogen-bond donors (Lipinski definition) is 2. The Morgan fingerprint density at radius 3 is 2.75 bits per heavy atom. The zero-order chi connectivity index (χ0) is 14.4. The summed E-state index contributed by atoms with van der Waals surface area (Å²) in [6, 6.07) is 5.33. The summed E-state index contributed by atoms with van der Waals surface area (Å²) in [5.41, 5.74) is 1.78. The average molecular weight is 295 g/mol. The maximum atomic E-state index is 11.8. The van der Waals surface area contributed by atoms with Gasteiger partial charge in [0.15, 0.2) is 0 Å². The van der Waals surface area contributed by atoms with Gasteiger partial charge in [0.05, 0.1) is 0 Å². The Morgan fingerprint density at radius 1 is 1.30 bits per heavy atom. The molecule has 0 heterocycles.